The summed E-state index contributed by atoms with van der Waals surface area (Å²) in [5.74, 6) is 1.06. The van der Waals surface area contributed by atoms with Gasteiger partial charge in [0.1, 0.15) is 29.2 Å². The number of nitriles is 2. The predicted molar refractivity (Wildman–Crippen MR) is 220 cm³/mol. The molecule has 6 aromatic carbocycles. The average Bonchev–Trinajstić information content (AvgIpc) is 3.21. The van der Waals surface area contributed by atoms with Gasteiger partial charge in [-0.25, -0.2) is 0 Å². The highest BCUT2D eigenvalue weighted by Crippen LogP contribution is 2.42. The van der Waals surface area contributed by atoms with Gasteiger partial charge in [0.15, 0.2) is 0 Å². The molecule has 0 amide bonds. The average molecular weight is 687 g/mol. The highest BCUT2D eigenvalue weighted by molar-refractivity contribution is 6.04. The molecule has 0 fully saturated rings. The molecule has 1 aliphatic heterocycles. The Balaban J connectivity index is 1.18. The molecule has 0 saturated carbocycles. The fourth-order valence-electron chi connectivity index (χ4n) is 6.70. The molecule has 7 rings (SSSR count). The van der Waals surface area contributed by atoms with Crippen molar-refractivity contribution < 1.29 is 4.74 Å². The van der Waals surface area contributed by atoms with Crippen LogP contribution >= 0.6 is 0 Å². The van der Waals surface area contributed by atoms with Crippen LogP contribution in [0.2, 0.25) is 0 Å². The SMILES string of the molecule is CCN(CC)c1ccc(/C=C/C2=CC(=C(C#N)C#N)C=C(/C=C/c3ccc(N(c4cccc5ccccc45)c4cccc5ccccc45)cc3)O2)cc1. The topological polar surface area (TPSA) is 63.3 Å². The molecule has 1 heterocycles. The zero-order chi connectivity index (χ0) is 36.6. The normalized spacial score (nSPS) is 12.6. The van der Waals surface area contributed by atoms with Gasteiger partial charge in [-0.2, -0.15) is 10.5 Å². The number of hydrogen-bond acceptors (Lipinski definition) is 5. The first-order valence-electron chi connectivity index (χ1n) is 17.8. The van der Waals surface area contributed by atoms with Crippen molar-refractivity contribution in [2.75, 3.05) is 22.9 Å². The second-order valence-electron chi connectivity index (χ2n) is 12.6. The minimum atomic E-state index is 0.0278. The summed E-state index contributed by atoms with van der Waals surface area (Å²) in [4.78, 5) is 4.62. The van der Waals surface area contributed by atoms with Crippen LogP contribution in [0.5, 0.6) is 0 Å². The Labute approximate surface area is 311 Å². The fraction of sp³-hybridized carbons (Fsp3) is 0.0833. The summed E-state index contributed by atoms with van der Waals surface area (Å²) in [6.45, 7) is 6.19. The van der Waals surface area contributed by atoms with E-state index in [1.807, 2.05) is 36.4 Å². The second kappa shape index (κ2) is 15.9. The number of benzene rings is 6. The molecule has 0 saturated heterocycles. The third-order valence-corrected chi connectivity index (χ3v) is 9.41. The van der Waals surface area contributed by atoms with Crippen molar-refractivity contribution in [3.63, 3.8) is 0 Å². The minimum Gasteiger partial charge on any atom is -0.457 e. The van der Waals surface area contributed by atoms with Crippen molar-refractivity contribution >= 4 is 56.4 Å². The van der Waals surface area contributed by atoms with E-state index < -0.39 is 0 Å². The molecule has 0 aromatic heterocycles. The van der Waals surface area contributed by atoms with E-state index in [9.17, 15) is 10.5 Å². The molecule has 5 nitrogen and oxygen atoms in total. The van der Waals surface area contributed by atoms with Crippen LogP contribution in [0.1, 0.15) is 25.0 Å². The lowest BCUT2D eigenvalue weighted by atomic mass is 10.0. The standard InChI is InChI=1S/C48H38N4O/c1-3-51(4-2)41-25-19-35(20-26-41)23-29-43-31-39(40(33-49)34-50)32-44(53-43)30-24-36-21-27-42(28-22-36)52(47-17-9-13-37-11-5-7-15-45(37)47)48-18-10-14-38-12-6-8-16-46(38)48/h5-32H,3-4H2,1-2H3/b29-23+,30-24+. The van der Waals surface area contributed by atoms with E-state index in [-0.39, 0.29) is 5.57 Å². The summed E-state index contributed by atoms with van der Waals surface area (Å²) in [6.07, 6.45) is 11.1. The molecule has 0 unspecified atom stereocenters. The first-order chi connectivity index (χ1) is 26.1. The summed E-state index contributed by atoms with van der Waals surface area (Å²) in [7, 11) is 0. The van der Waals surface area contributed by atoms with Crippen LogP contribution in [0.4, 0.5) is 22.7 Å². The molecule has 0 bridgehead atoms. The summed E-state index contributed by atoms with van der Waals surface area (Å²) >= 11 is 0. The van der Waals surface area contributed by atoms with Crippen LogP contribution in [0.25, 0.3) is 33.7 Å². The quantitative estimate of drug-likeness (QED) is 0.134. The maximum atomic E-state index is 9.66. The van der Waals surface area contributed by atoms with Crippen LogP contribution in [0, 0.1) is 22.7 Å². The first-order valence-corrected chi connectivity index (χ1v) is 17.8. The zero-order valence-corrected chi connectivity index (χ0v) is 29.8. The third-order valence-electron chi connectivity index (χ3n) is 9.41. The lowest BCUT2D eigenvalue weighted by molar-refractivity contribution is 0.332. The summed E-state index contributed by atoms with van der Waals surface area (Å²) < 4.78 is 6.23. The molecule has 0 atom stereocenters. The summed E-state index contributed by atoms with van der Waals surface area (Å²) in [5.41, 5.74) is 6.93. The van der Waals surface area contributed by atoms with Gasteiger partial charge in [0.05, 0.1) is 11.4 Å². The van der Waals surface area contributed by atoms with E-state index in [1.165, 1.54) is 27.2 Å². The van der Waals surface area contributed by atoms with E-state index in [0.717, 1.165) is 41.3 Å². The van der Waals surface area contributed by atoms with Crippen LogP contribution in [0.3, 0.4) is 0 Å². The lowest BCUT2D eigenvalue weighted by Crippen LogP contribution is -2.21. The van der Waals surface area contributed by atoms with Crippen molar-refractivity contribution in [1.82, 2.24) is 0 Å². The maximum Gasteiger partial charge on any atom is 0.137 e. The molecule has 1 aliphatic rings. The first kappa shape index (κ1) is 34.4. The Morgan fingerprint density at radius 1 is 0.547 bits per heavy atom. The number of ether oxygens (including phenoxy) is 1. The van der Waals surface area contributed by atoms with E-state index in [4.69, 9.17) is 4.74 Å². The van der Waals surface area contributed by atoms with Gasteiger partial charge in [0, 0.05) is 40.8 Å². The third kappa shape index (κ3) is 7.52. The number of anilines is 4. The van der Waals surface area contributed by atoms with E-state index in [0.29, 0.717) is 17.1 Å². The number of fused-ring (bicyclic) bond motifs is 2. The Hall–Kier alpha value is -7.08. The van der Waals surface area contributed by atoms with Gasteiger partial charge in [0.2, 0.25) is 0 Å². The Kier molecular flexibility index (Phi) is 10.3. The van der Waals surface area contributed by atoms with Crippen LogP contribution < -0.4 is 9.80 Å². The molecule has 6 aromatic rings. The molecule has 5 heteroatoms. The monoisotopic (exact) mass is 686 g/mol. The Morgan fingerprint density at radius 2 is 1.00 bits per heavy atom. The van der Waals surface area contributed by atoms with Gasteiger partial charge >= 0.3 is 0 Å². The molecule has 0 N–H and O–H groups in total. The zero-order valence-electron chi connectivity index (χ0n) is 29.8. The van der Waals surface area contributed by atoms with Crippen LogP contribution in [0.15, 0.2) is 180 Å². The van der Waals surface area contributed by atoms with Gasteiger partial charge in [-0.05, 0) is 96.4 Å². The number of rotatable bonds is 10. The molecule has 0 radical (unpaired) electrons. The van der Waals surface area contributed by atoms with Gasteiger partial charge in [-0.1, -0.05) is 109 Å². The van der Waals surface area contributed by atoms with Crippen LogP contribution in [-0.2, 0) is 4.74 Å². The van der Waals surface area contributed by atoms with Gasteiger partial charge in [-0.15, -0.1) is 0 Å². The van der Waals surface area contributed by atoms with Crippen molar-refractivity contribution in [3.05, 3.63) is 192 Å². The fourth-order valence-corrected chi connectivity index (χ4v) is 6.70. The van der Waals surface area contributed by atoms with E-state index in [1.54, 1.807) is 12.2 Å². The molecule has 256 valence electrons. The van der Waals surface area contributed by atoms with Crippen LogP contribution in [-0.4, -0.2) is 13.1 Å². The van der Waals surface area contributed by atoms with Crippen molar-refractivity contribution in [2.24, 2.45) is 0 Å². The highest BCUT2D eigenvalue weighted by Gasteiger charge is 2.18. The van der Waals surface area contributed by atoms with Gasteiger partial charge in [-0.3, -0.25) is 0 Å². The molecule has 0 spiro atoms. The van der Waals surface area contributed by atoms with E-state index >= 15 is 0 Å². The number of allylic oxidation sites excluding steroid dienone is 6. The maximum absolute atomic E-state index is 9.66. The highest BCUT2D eigenvalue weighted by atomic mass is 16.5. The smallest absolute Gasteiger partial charge is 0.137 e. The van der Waals surface area contributed by atoms with E-state index in [2.05, 4.69) is 157 Å². The molecular weight excluding hydrogens is 649 g/mol. The van der Waals surface area contributed by atoms with Crippen molar-refractivity contribution in [3.8, 4) is 12.1 Å². The minimum absolute atomic E-state index is 0.0278. The second-order valence-corrected chi connectivity index (χ2v) is 12.6. The van der Waals surface area contributed by atoms with Gasteiger partial charge < -0.3 is 14.5 Å². The Morgan fingerprint density at radius 3 is 1.47 bits per heavy atom. The van der Waals surface area contributed by atoms with Gasteiger partial charge in [0.25, 0.3) is 0 Å². The number of hydrogen-bond donors (Lipinski definition) is 0. The summed E-state index contributed by atoms with van der Waals surface area (Å²) in [6, 6.07) is 50.7. The molecule has 0 aliphatic carbocycles. The Bertz CT molecular complexity index is 2410. The molecular formula is C48H38N4O. The number of nitrogens with zero attached hydrogens (tertiary/aromatic N) is 4. The predicted octanol–water partition coefficient (Wildman–Crippen LogP) is 12.2. The molecule has 53 heavy (non-hydrogen) atoms. The van der Waals surface area contributed by atoms with Crippen molar-refractivity contribution in [1.29, 1.82) is 10.5 Å². The largest absolute Gasteiger partial charge is 0.457 e. The lowest BCUT2D eigenvalue weighted by Gasteiger charge is -2.28. The van der Waals surface area contributed by atoms with Crippen molar-refractivity contribution in [2.45, 2.75) is 13.8 Å². The summed E-state index contributed by atoms with van der Waals surface area (Å²) in [5, 5.41) is 24.0.